The van der Waals surface area contributed by atoms with E-state index in [4.69, 9.17) is 5.73 Å². The van der Waals surface area contributed by atoms with Crippen LogP contribution in [-0.4, -0.2) is 40.4 Å². The molecule has 1 saturated heterocycles. The molecule has 0 aliphatic carbocycles. The molecule has 1 aromatic heterocycles. The molecule has 2 rings (SSSR count). The van der Waals surface area contributed by atoms with Gasteiger partial charge >= 0.3 is 5.97 Å². The Morgan fingerprint density at radius 1 is 1.58 bits per heavy atom. The monoisotopic (exact) mass is 265 g/mol. The predicted molar refractivity (Wildman–Crippen MR) is 72.2 cm³/mol. The van der Waals surface area contributed by atoms with Crippen molar-refractivity contribution >= 4 is 17.5 Å². The number of piperidine rings is 1. The summed E-state index contributed by atoms with van der Waals surface area (Å²) in [5, 5.41) is 19.2. The summed E-state index contributed by atoms with van der Waals surface area (Å²) < 4.78 is 0. The van der Waals surface area contributed by atoms with Crippen molar-refractivity contribution in [1.82, 2.24) is 4.98 Å². The molecular formula is C13H19N3O3. The Bertz CT molecular complexity index is 502. The van der Waals surface area contributed by atoms with Crippen LogP contribution in [0, 0.1) is 5.41 Å². The number of nitrogens with zero attached hydrogens (tertiary/aromatic N) is 2. The van der Waals surface area contributed by atoms with Gasteiger partial charge in [-0.3, -0.25) is 0 Å². The van der Waals surface area contributed by atoms with Crippen molar-refractivity contribution in [1.29, 1.82) is 0 Å². The van der Waals surface area contributed by atoms with E-state index in [9.17, 15) is 15.0 Å². The SMILES string of the molecule is CC1(C)CN(c2ncc(N)cc2C(=O)O)CCC1O. The Labute approximate surface area is 111 Å². The summed E-state index contributed by atoms with van der Waals surface area (Å²) in [6, 6.07) is 1.42. The van der Waals surface area contributed by atoms with Gasteiger partial charge in [0.15, 0.2) is 0 Å². The van der Waals surface area contributed by atoms with E-state index in [0.717, 1.165) is 0 Å². The second-order valence-corrected chi connectivity index (χ2v) is 5.66. The van der Waals surface area contributed by atoms with Gasteiger partial charge in [-0.1, -0.05) is 13.8 Å². The number of aromatic nitrogens is 1. The van der Waals surface area contributed by atoms with Crippen LogP contribution in [0.15, 0.2) is 12.3 Å². The molecule has 6 heteroatoms. The summed E-state index contributed by atoms with van der Waals surface area (Å²) >= 11 is 0. The molecule has 2 heterocycles. The third-order valence-corrected chi connectivity index (χ3v) is 3.59. The topological polar surface area (TPSA) is 99.7 Å². The van der Waals surface area contributed by atoms with Crippen LogP contribution in [0.25, 0.3) is 0 Å². The molecule has 1 aliphatic heterocycles. The van der Waals surface area contributed by atoms with E-state index in [1.807, 2.05) is 18.7 Å². The second-order valence-electron chi connectivity index (χ2n) is 5.66. The van der Waals surface area contributed by atoms with E-state index in [0.29, 0.717) is 31.0 Å². The molecule has 0 spiro atoms. The smallest absolute Gasteiger partial charge is 0.339 e. The molecule has 19 heavy (non-hydrogen) atoms. The fraction of sp³-hybridized carbons (Fsp3) is 0.538. The number of carbonyl (C=O) groups is 1. The molecule has 6 nitrogen and oxygen atoms in total. The van der Waals surface area contributed by atoms with E-state index in [1.54, 1.807) is 0 Å². The van der Waals surface area contributed by atoms with Crippen LogP contribution >= 0.6 is 0 Å². The number of rotatable bonds is 2. The first kappa shape index (κ1) is 13.6. The van der Waals surface area contributed by atoms with Crippen molar-refractivity contribution in [3.63, 3.8) is 0 Å². The van der Waals surface area contributed by atoms with Crippen LogP contribution < -0.4 is 10.6 Å². The zero-order valence-corrected chi connectivity index (χ0v) is 11.1. The minimum atomic E-state index is -1.04. The molecule has 0 aromatic carbocycles. The van der Waals surface area contributed by atoms with Gasteiger partial charge in [0.05, 0.1) is 18.0 Å². The number of hydrogen-bond donors (Lipinski definition) is 3. The van der Waals surface area contributed by atoms with Crippen LogP contribution in [-0.2, 0) is 0 Å². The zero-order valence-electron chi connectivity index (χ0n) is 11.1. The summed E-state index contributed by atoms with van der Waals surface area (Å²) in [4.78, 5) is 17.3. The Balaban J connectivity index is 2.35. The van der Waals surface area contributed by atoms with Gasteiger partial charge in [0.25, 0.3) is 0 Å². The lowest BCUT2D eigenvalue weighted by Gasteiger charge is -2.42. The maximum absolute atomic E-state index is 11.3. The highest BCUT2D eigenvalue weighted by Gasteiger charge is 2.36. The first-order valence-corrected chi connectivity index (χ1v) is 6.23. The van der Waals surface area contributed by atoms with Crippen LogP contribution in [0.5, 0.6) is 0 Å². The molecule has 1 aromatic rings. The number of pyridine rings is 1. The first-order chi connectivity index (χ1) is 8.81. The molecule has 1 fully saturated rings. The minimum absolute atomic E-state index is 0.104. The van der Waals surface area contributed by atoms with E-state index in [-0.39, 0.29) is 17.1 Å². The number of anilines is 2. The standard InChI is InChI=1S/C13H19N3O3/c1-13(2)7-16(4-3-10(13)17)11-9(12(18)19)5-8(14)6-15-11/h5-6,10,17H,3-4,7,14H2,1-2H3,(H,18,19). The molecule has 4 N–H and O–H groups in total. The maximum atomic E-state index is 11.3. The van der Waals surface area contributed by atoms with Gasteiger partial charge in [-0.2, -0.15) is 0 Å². The van der Waals surface area contributed by atoms with Crippen molar-refractivity contribution < 1.29 is 15.0 Å². The third-order valence-electron chi connectivity index (χ3n) is 3.59. The zero-order chi connectivity index (χ0) is 14.2. The lowest BCUT2D eigenvalue weighted by molar-refractivity contribution is 0.0333. The number of nitrogen functional groups attached to an aromatic ring is 1. The van der Waals surface area contributed by atoms with Gasteiger partial charge in [0.2, 0.25) is 0 Å². The molecule has 0 bridgehead atoms. The summed E-state index contributed by atoms with van der Waals surface area (Å²) in [5.41, 5.74) is 5.73. The highest BCUT2D eigenvalue weighted by Crippen LogP contribution is 2.32. The van der Waals surface area contributed by atoms with Crippen molar-refractivity contribution in [2.24, 2.45) is 5.41 Å². The van der Waals surface area contributed by atoms with Gasteiger partial charge < -0.3 is 20.8 Å². The van der Waals surface area contributed by atoms with Crippen molar-refractivity contribution in [2.75, 3.05) is 23.7 Å². The first-order valence-electron chi connectivity index (χ1n) is 6.23. The predicted octanol–water partition coefficient (Wildman–Crippen LogP) is 0.959. The number of aliphatic hydroxyl groups excluding tert-OH is 1. The van der Waals surface area contributed by atoms with Crippen molar-refractivity contribution in [3.8, 4) is 0 Å². The number of aromatic carboxylic acids is 1. The highest BCUT2D eigenvalue weighted by atomic mass is 16.4. The number of nitrogens with two attached hydrogens (primary N) is 1. The van der Waals surface area contributed by atoms with Gasteiger partial charge in [-0.05, 0) is 12.5 Å². The summed E-state index contributed by atoms with van der Waals surface area (Å²) in [6.45, 7) is 5.07. The Hall–Kier alpha value is -1.82. The fourth-order valence-corrected chi connectivity index (χ4v) is 2.41. The Morgan fingerprint density at radius 2 is 2.26 bits per heavy atom. The van der Waals surface area contributed by atoms with Crippen LogP contribution in [0.1, 0.15) is 30.6 Å². The lowest BCUT2D eigenvalue weighted by atomic mass is 9.81. The molecule has 1 unspecified atom stereocenters. The Kier molecular flexibility index (Phi) is 3.36. The largest absolute Gasteiger partial charge is 0.478 e. The van der Waals surface area contributed by atoms with Crippen molar-refractivity contribution in [3.05, 3.63) is 17.8 Å². The quantitative estimate of drug-likeness (QED) is 0.736. The Morgan fingerprint density at radius 3 is 2.84 bits per heavy atom. The molecule has 104 valence electrons. The van der Waals surface area contributed by atoms with Gasteiger partial charge in [0, 0.05) is 18.5 Å². The third kappa shape index (κ3) is 2.63. The number of aliphatic hydroxyl groups is 1. The minimum Gasteiger partial charge on any atom is -0.478 e. The molecule has 0 saturated carbocycles. The molecule has 1 aliphatic rings. The fourth-order valence-electron chi connectivity index (χ4n) is 2.41. The highest BCUT2D eigenvalue weighted by molar-refractivity contribution is 5.94. The van der Waals surface area contributed by atoms with Gasteiger partial charge in [-0.25, -0.2) is 9.78 Å². The summed E-state index contributed by atoms with van der Waals surface area (Å²) in [5.74, 6) is -0.625. The number of carboxylic acids is 1. The molecule has 0 radical (unpaired) electrons. The van der Waals surface area contributed by atoms with Gasteiger partial charge in [-0.15, -0.1) is 0 Å². The summed E-state index contributed by atoms with van der Waals surface area (Å²) in [6.07, 6.45) is 1.67. The van der Waals surface area contributed by atoms with E-state index < -0.39 is 5.97 Å². The summed E-state index contributed by atoms with van der Waals surface area (Å²) in [7, 11) is 0. The van der Waals surface area contributed by atoms with E-state index >= 15 is 0 Å². The van der Waals surface area contributed by atoms with Crippen LogP contribution in [0.2, 0.25) is 0 Å². The molecular weight excluding hydrogens is 246 g/mol. The van der Waals surface area contributed by atoms with Crippen LogP contribution in [0.4, 0.5) is 11.5 Å². The second kappa shape index (κ2) is 4.70. The van der Waals surface area contributed by atoms with E-state index in [2.05, 4.69) is 4.98 Å². The normalized spacial score (nSPS) is 22.3. The van der Waals surface area contributed by atoms with Gasteiger partial charge in [0.1, 0.15) is 11.4 Å². The molecule has 1 atom stereocenters. The van der Waals surface area contributed by atoms with E-state index in [1.165, 1.54) is 12.3 Å². The molecule has 0 amide bonds. The maximum Gasteiger partial charge on any atom is 0.339 e. The van der Waals surface area contributed by atoms with Crippen LogP contribution in [0.3, 0.4) is 0 Å². The number of hydrogen-bond acceptors (Lipinski definition) is 5. The lowest BCUT2D eigenvalue weighted by Crippen LogP contribution is -2.49. The number of carboxylic acid groups (broad SMARTS) is 1. The van der Waals surface area contributed by atoms with Crippen molar-refractivity contribution in [2.45, 2.75) is 26.4 Å². The average molecular weight is 265 g/mol. The average Bonchev–Trinajstić information content (AvgIpc) is 2.32.